The maximum Gasteiger partial charge on any atom is 0.279 e. The predicted octanol–water partition coefficient (Wildman–Crippen LogP) is -0.927. The van der Waals surface area contributed by atoms with Crippen LogP contribution in [-0.2, 0) is 14.9 Å². The first-order valence-electron chi connectivity index (χ1n) is 5.89. The highest BCUT2D eigenvalue weighted by atomic mass is 32.2. The second-order valence-electron chi connectivity index (χ2n) is 4.15. The van der Waals surface area contributed by atoms with Gasteiger partial charge in [-0.15, -0.1) is 0 Å². The van der Waals surface area contributed by atoms with Gasteiger partial charge < -0.3 is 10.1 Å². The quantitative estimate of drug-likeness (QED) is 0.642. The Kier molecular flexibility index (Phi) is 4.52. The molecule has 0 aromatic heterocycles. The Hall–Kier alpha value is -0.470. The summed E-state index contributed by atoms with van der Waals surface area (Å²) in [6.45, 7) is 4.01. The van der Waals surface area contributed by atoms with Crippen LogP contribution in [0, 0.1) is 0 Å². The Morgan fingerprint density at radius 1 is 1.41 bits per heavy atom. The van der Waals surface area contributed by atoms with Gasteiger partial charge in [0, 0.05) is 26.2 Å². The van der Waals surface area contributed by atoms with E-state index >= 15 is 0 Å². The van der Waals surface area contributed by atoms with Crippen LogP contribution in [0.4, 0.5) is 0 Å². The minimum absolute atomic E-state index is 0.418. The molecule has 7 heteroatoms. The molecular weight excluding hydrogens is 242 g/mol. The van der Waals surface area contributed by atoms with Crippen LogP contribution in [0.3, 0.4) is 0 Å². The standard InChI is InChI=1S/C10H19N3O3S/c14-17(15,13-5-7-16-8-6-13)12-9-10-1-3-11-4-2-10/h1,11-12H,2-9H2. The van der Waals surface area contributed by atoms with Crippen molar-refractivity contribution in [2.24, 2.45) is 0 Å². The van der Waals surface area contributed by atoms with Crippen LogP contribution in [-0.4, -0.2) is 58.7 Å². The first-order valence-corrected chi connectivity index (χ1v) is 7.33. The van der Waals surface area contributed by atoms with Gasteiger partial charge in [0.05, 0.1) is 13.2 Å². The van der Waals surface area contributed by atoms with Gasteiger partial charge in [0.15, 0.2) is 0 Å². The van der Waals surface area contributed by atoms with Crippen LogP contribution >= 0.6 is 0 Å². The van der Waals surface area contributed by atoms with Crippen LogP contribution in [0.1, 0.15) is 6.42 Å². The SMILES string of the molecule is O=S(=O)(NCC1=CCNCC1)N1CCOCC1. The number of nitrogens with one attached hydrogen (secondary N) is 2. The summed E-state index contributed by atoms with van der Waals surface area (Å²) in [4.78, 5) is 0. The lowest BCUT2D eigenvalue weighted by Gasteiger charge is -2.26. The summed E-state index contributed by atoms with van der Waals surface area (Å²) in [6.07, 6.45) is 2.96. The maximum atomic E-state index is 11.9. The summed E-state index contributed by atoms with van der Waals surface area (Å²) in [5.74, 6) is 0. The third kappa shape index (κ3) is 3.75. The molecule has 2 N–H and O–H groups in total. The van der Waals surface area contributed by atoms with Gasteiger partial charge in [0.1, 0.15) is 0 Å². The lowest BCUT2D eigenvalue weighted by atomic mass is 10.1. The fraction of sp³-hybridized carbons (Fsp3) is 0.800. The summed E-state index contributed by atoms with van der Waals surface area (Å²) in [6, 6.07) is 0. The summed E-state index contributed by atoms with van der Waals surface area (Å²) < 4.78 is 33.1. The second-order valence-corrected chi connectivity index (χ2v) is 5.91. The Balaban J connectivity index is 1.86. The Morgan fingerprint density at radius 2 is 2.18 bits per heavy atom. The Bertz CT molecular complexity index is 374. The first kappa shape index (κ1) is 13.0. The van der Waals surface area contributed by atoms with E-state index in [0.717, 1.165) is 25.1 Å². The van der Waals surface area contributed by atoms with Gasteiger partial charge in [-0.3, -0.25) is 0 Å². The van der Waals surface area contributed by atoms with Crippen molar-refractivity contribution in [1.29, 1.82) is 0 Å². The Labute approximate surface area is 102 Å². The topological polar surface area (TPSA) is 70.7 Å². The van der Waals surface area contributed by atoms with E-state index in [1.54, 1.807) is 0 Å². The largest absolute Gasteiger partial charge is 0.379 e. The molecule has 2 rings (SSSR count). The van der Waals surface area contributed by atoms with E-state index in [0.29, 0.717) is 32.8 Å². The molecule has 1 saturated heterocycles. The van der Waals surface area contributed by atoms with E-state index in [2.05, 4.69) is 10.0 Å². The molecule has 17 heavy (non-hydrogen) atoms. The summed E-state index contributed by atoms with van der Waals surface area (Å²) in [5.41, 5.74) is 1.15. The van der Waals surface area contributed by atoms with E-state index in [-0.39, 0.29) is 0 Å². The highest BCUT2D eigenvalue weighted by Crippen LogP contribution is 2.06. The monoisotopic (exact) mass is 261 g/mol. The van der Waals surface area contributed by atoms with E-state index in [4.69, 9.17) is 4.74 Å². The average Bonchev–Trinajstić information content (AvgIpc) is 2.39. The van der Waals surface area contributed by atoms with Crippen LogP contribution in [0.2, 0.25) is 0 Å². The van der Waals surface area contributed by atoms with Gasteiger partial charge in [-0.1, -0.05) is 11.6 Å². The molecule has 0 saturated carbocycles. The molecule has 1 fully saturated rings. The molecular formula is C10H19N3O3S. The molecule has 0 unspecified atom stereocenters. The number of rotatable bonds is 4. The zero-order valence-electron chi connectivity index (χ0n) is 9.81. The predicted molar refractivity (Wildman–Crippen MR) is 64.9 cm³/mol. The normalized spacial score (nSPS) is 23.4. The van der Waals surface area contributed by atoms with E-state index in [9.17, 15) is 8.42 Å². The molecule has 2 aliphatic rings. The molecule has 2 aliphatic heterocycles. The zero-order valence-corrected chi connectivity index (χ0v) is 10.6. The highest BCUT2D eigenvalue weighted by Gasteiger charge is 2.23. The number of ether oxygens (including phenoxy) is 1. The van der Waals surface area contributed by atoms with Crippen molar-refractivity contribution in [3.63, 3.8) is 0 Å². The molecule has 0 amide bonds. The molecule has 0 atom stereocenters. The van der Waals surface area contributed by atoms with E-state index < -0.39 is 10.2 Å². The fourth-order valence-electron chi connectivity index (χ4n) is 1.89. The zero-order chi connectivity index (χ0) is 12.1. The molecule has 0 aliphatic carbocycles. The van der Waals surface area contributed by atoms with Crippen molar-refractivity contribution < 1.29 is 13.2 Å². The molecule has 0 aromatic rings. The van der Waals surface area contributed by atoms with Crippen molar-refractivity contribution in [3.05, 3.63) is 11.6 Å². The molecule has 0 bridgehead atoms. The minimum atomic E-state index is -3.34. The van der Waals surface area contributed by atoms with Crippen LogP contribution in [0.15, 0.2) is 11.6 Å². The van der Waals surface area contributed by atoms with Gasteiger partial charge in [0.25, 0.3) is 10.2 Å². The number of morpholine rings is 1. The number of nitrogens with zero attached hydrogens (tertiary/aromatic N) is 1. The molecule has 0 aromatic carbocycles. The Morgan fingerprint density at radius 3 is 2.82 bits per heavy atom. The third-order valence-electron chi connectivity index (χ3n) is 2.95. The summed E-state index contributed by atoms with van der Waals surface area (Å²) in [5, 5.41) is 3.19. The number of hydrogen-bond acceptors (Lipinski definition) is 4. The van der Waals surface area contributed by atoms with Gasteiger partial charge in [-0.25, -0.2) is 0 Å². The van der Waals surface area contributed by atoms with Gasteiger partial charge in [0.2, 0.25) is 0 Å². The van der Waals surface area contributed by atoms with E-state index in [1.807, 2.05) is 6.08 Å². The van der Waals surface area contributed by atoms with Crippen molar-refractivity contribution in [1.82, 2.24) is 14.3 Å². The van der Waals surface area contributed by atoms with Gasteiger partial charge in [-0.2, -0.15) is 17.4 Å². The second kappa shape index (κ2) is 5.92. The molecule has 0 spiro atoms. The van der Waals surface area contributed by atoms with Crippen molar-refractivity contribution in [2.45, 2.75) is 6.42 Å². The first-order chi connectivity index (χ1) is 8.18. The highest BCUT2D eigenvalue weighted by molar-refractivity contribution is 7.87. The smallest absolute Gasteiger partial charge is 0.279 e. The summed E-state index contributed by atoms with van der Waals surface area (Å²) in [7, 11) is -3.34. The fourth-order valence-corrected chi connectivity index (χ4v) is 3.07. The number of hydrogen-bond donors (Lipinski definition) is 2. The van der Waals surface area contributed by atoms with Crippen LogP contribution in [0.25, 0.3) is 0 Å². The van der Waals surface area contributed by atoms with Crippen molar-refractivity contribution >= 4 is 10.2 Å². The van der Waals surface area contributed by atoms with E-state index in [1.165, 1.54) is 4.31 Å². The molecule has 6 nitrogen and oxygen atoms in total. The minimum Gasteiger partial charge on any atom is -0.379 e. The third-order valence-corrected chi connectivity index (χ3v) is 4.50. The lowest BCUT2D eigenvalue weighted by Crippen LogP contribution is -2.47. The van der Waals surface area contributed by atoms with Gasteiger partial charge in [-0.05, 0) is 13.0 Å². The van der Waals surface area contributed by atoms with Crippen molar-refractivity contribution in [3.8, 4) is 0 Å². The van der Waals surface area contributed by atoms with Gasteiger partial charge >= 0.3 is 0 Å². The summed E-state index contributed by atoms with van der Waals surface area (Å²) >= 11 is 0. The molecule has 98 valence electrons. The maximum absolute atomic E-state index is 11.9. The lowest BCUT2D eigenvalue weighted by molar-refractivity contribution is 0.0725. The van der Waals surface area contributed by atoms with Crippen molar-refractivity contribution in [2.75, 3.05) is 45.9 Å². The van der Waals surface area contributed by atoms with Crippen LogP contribution in [0.5, 0.6) is 0 Å². The molecule has 2 heterocycles. The molecule has 0 radical (unpaired) electrons. The van der Waals surface area contributed by atoms with Crippen LogP contribution < -0.4 is 10.0 Å². The average molecular weight is 261 g/mol.